The molecule has 1 aliphatic rings. The number of methoxy groups -OCH3 is 1. The van der Waals surface area contributed by atoms with Gasteiger partial charge in [0.15, 0.2) is 0 Å². The Morgan fingerprint density at radius 2 is 2.44 bits per heavy atom. The van der Waals surface area contributed by atoms with E-state index in [9.17, 15) is 0 Å². The summed E-state index contributed by atoms with van der Waals surface area (Å²) in [5.41, 5.74) is 0. The van der Waals surface area contributed by atoms with Crippen LogP contribution < -0.4 is 5.32 Å². The van der Waals surface area contributed by atoms with E-state index in [1.165, 1.54) is 0 Å². The van der Waals surface area contributed by atoms with Crippen LogP contribution in [-0.4, -0.2) is 69.9 Å². The number of ether oxygens (including phenoxy) is 2. The minimum absolute atomic E-state index is 0.104. The van der Waals surface area contributed by atoms with Gasteiger partial charge in [0, 0.05) is 26.7 Å². The maximum atomic E-state index is 6.02. The van der Waals surface area contributed by atoms with Crippen LogP contribution in [0.5, 0.6) is 0 Å². The van der Waals surface area contributed by atoms with E-state index in [0.29, 0.717) is 12.7 Å². The van der Waals surface area contributed by atoms with Crippen molar-refractivity contribution < 1.29 is 9.47 Å². The summed E-state index contributed by atoms with van der Waals surface area (Å²) in [4.78, 5) is 2.30. The van der Waals surface area contributed by atoms with Crippen LogP contribution in [0.15, 0.2) is 0 Å². The van der Waals surface area contributed by atoms with Gasteiger partial charge < -0.3 is 19.7 Å². The summed E-state index contributed by atoms with van der Waals surface area (Å²) in [6.45, 7) is 5.32. The minimum atomic E-state index is 0.104. The molecule has 1 N–H and O–H groups in total. The molecule has 4 nitrogen and oxygen atoms in total. The van der Waals surface area contributed by atoms with Crippen molar-refractivity contribution in [1.82, 2.24) is 10.2 Å². The first-order valence-corrected chi connectivity index (χ1v) is 6.30. The summed E-state index contributed by atoms with van der Waals surface area (Å²) in [7, 11) is 3.80. The Labute approximate surface area is 103 Å². The second kappa shape index (κ2) is 8.25. The molecule has 1 saturated heterocycles. The van der Waals surface area contributed by atoms with Crippen LogP contribution in [0.3, 0.4) is 0 Å². The van der Waals surface area contributed by atoms with Gasteiger partial charge in [-0.25, -0.2) is 0 Å². The lowest BCUT2D eigenvalue weighted by atomic mass is 10.2. The van der Waals surface area contributed by atoms with Gasteiger partial charge in [0.1, 0.15) is 0 Å². The lowest BCUT2D eigenvalue weighted by Crippen LogP contribution is -2.45. The van der Waals surface area contributed by atoms with E-state index in [1.54, 1.807) is 7.11 Å². The highest BCUT2D eigenvalue weighted by Gasteiger charge is 2.16. The molecule has 0 saturated carbocycles. The van der Waals surface area contributed by atoms with E-state index in [2.05, 4.69) is 17.3 Å². The van der Waals surface area contributed by atoms with Crippen LogP contribution >= 0.6 is 11.6 Å². The Morgan fingerprint density at radius 1 is 1.62 bits per heavy atom. The predicted octanol–water partition coefficient (Wildman–Crippen LogP) is 0.551. The molecular formula is C11H23ClN2O2. The highest BCUT2D eigenvalue weighted by molar-refractivity contribution is 6.20. The molecule has 0 spiro atoms. The van der Waals surface area contributed by atoms with Gasteiger partial charge >= 0.3 is 0 Å². The van der Waals surface area contributed by atoms with E-state index < -0.39 is 0 Å². The molecule has 0 aromatic carbocycles. The smallest absolute Gasteiger partial charge is 0.0826 e. The number of morpholine rings is 1. The molecular weight excluding hydrogens is 228 g/mol. The van der Waals surface area contributed by atoms with Gasteiger partial charge in [-0.05, 0) is 20.0 Å². The summed E-state index contributed by atoms with van der Waals surface area (Å²) in [5.74, 6) is 0. The van der Waals surface area contributed by atoms with E-state index in [1.807, 2.05) is 0 Å². The Balaban J connectivity index is 1.98. The SMILES string of the molecule is COCC(Cl)CCNCC1CN(C)CCO1. The summed E-state index contributed by atoms with van der Waals surface area (Å²) >= 11 is 6.02. The van der Waals surface area contributed by atoms with Crippen LogP contribution in [-0.2, 0) is 9.47 Å². The topological polar surface area (TPSA) is 33.7 Å². The predicted molar refractivity (Wildman–Crippen MR) is 66.2 cm³/mol. The number of hydrogen-bond acceptors (Lipinski definition) is 4. The largest absolute Gasteiger partial charge is 0.383 e. The second-order valence-corrected chi connectivity index (χ2v) is 4.92. The zero-order valence-electron chi connectivity index (χ0n) is 10.2. The summed E-state index contributed by atoms with van der Waals surface area (Å²) in [6, 6.07) is 0. The third-order valence-electron chi connectivity index (χ3n) is 2.70. The van der Waals surface area contributed by atoms with E-state index in [-0.39, 0.29) is 5.38 Å². The van der Waals surface area contributed by atoms with E-state index in [4.69, 9.17) is 21.1 Å². The second-order valence-electron chi connectivity index (χ2n) is 4.30. The minimum Gasteiger partial charge on any atom is -0.383 e. The normalized spacial score (nSPS) is 24.6. The molecule has 0 aliphatic carbocycles. The van der Waals surface area contributed by atoms with Gasteiger partial charge in [0.2, 0.25) is 0 Å². The molecule has 0 bridgehead atoms. The van der Waals surface area contributed by atoms with Crippen molar-refractivity contribution in [1.29, 1.82) is 0 Å². The van der Waals surface area contributed by atoms with Gasteiger partial charge in [-0.15, -0.1) is 11.6 Å². The quantitative estimate of drug-likeness (QED) is 0.529. The van der Waals surface area contributed by atoms with Crippen molar-refractivity contribution in [3.63, 3.8) is 0 Å². The lowest BCUT2D eigenvalue weighted by Gasteiger charge is -2.30. The van der Waals surface area contributed by atoms with Crippen LogP contribution in [0.1, 0.15) is 6.42 Å². The Morgan fingerprint density at radius 3 is 3.12 bits per heavy atom. The maximum absolute atomic E-state index is 6.02. The Kier molecular flexibility index (Phi) is 7.32. The summed E-state index contributed by atoms with van der Waals surface area (Å²) < 4.78 is 10.6. The summed E-state index contributed by atoms with van der Waals surface area (Å²) in [5, 5.41) is 3.48. The molecule has 96 valence electrons. The lowest BCUT2D eigenvalue weighted by molar-refractivity contribution is -0.0180. The zero-order chi connectivity index (χ0) is 11.8. The Bertz CT molecular complexity index is 183. The van der Waals surface area contributed by atoms with Crippen molar-refractivity contribution in [2.45, 2.75) is 17.9 Å². The van der Waals surface area contributed by atoms with Gasteiger partial charge in [-0.1, -0.05) is 0 Å². The molecule has 16 heavy (non-hydrogen) atoms. The highest BCUT2D eigenvalue weighted by Crippen LogP contribution is 2.03. The summed E-state index contributed by atoms with van der Waals surface area (Å²) in [6.07, 6.45) is 1.24. The fraction of sp³-hybridized carbons (Fsp3) is 1.00. The molecule has 2 atom stereocenters. The molecule has 0 radical (unpaired) electrons. The molecule has 1 rings (SSSR count). The monoisotopic (exact) mass is 250 g/mol. The highest BCUT2D eigenvalue weighted by atomic mass is 35.5. The first-order valence-electron chi connectivity index (χ1n) is 5.86. The van der Waals surface area contributed by atoms with Crippen LogP contribution in [0, 0.1) is 0 Å². The van der Waals surface area contributed by atoms with Gasteiger partial charge in [-0.3, -0.25) is 0 Å². The number of alkyl halides is 1. The van der Waals surface area contributed by atoms with E-state index in [0.717, 1.165) is 39.2 Å². The maximum Gasteiger partial charge on any atom is 0.0826 e. The Hall–Kier alpha value is 0.130. The third kappa shape index (κ3) is 6.01. The first kappa shape index (κ1) is 14.2. The van der Waals surface area contributed by atoms with Crippen molar-refractivity contribution in [3.8, 4) is 0 Å². The fourth-order valence-corrected chi connectivity index (χ4v) is 2.01. The third-order valence-corrected chi connectivity index (χ3v) is 3.04. The standard InChI is InChI=1S/C11H23ClN2O2/c1-14-5-6-16-11(8-14)7-13-4-3-10(12)9-15-2/h10-11,13H,3-9H2,1-2H3. The number of halogens is 1. The van der Waals surface area contributed by atoms with Crippen LogP contribution in [0.25, 0.3) is 0 Å². The molecule has 1 fully saturated rings. The number of nitrogens with one attached hydrogen (secondary N) is 1. The number of nitrogens with zero attached hydrogens (tertiary/aromatic N) is 1. The van der Waals surface area contributed by atoms with Gasteiger partial charge in [-0.2, -0.15) is 0 Å². The zero-order valence-corrected chi connectivity index (χ0v) is 11.0. The first-order chi connectivity index (χ1) is 7.72. The van der Waals surface area contributed by atoms with Crippen molar-refractivity contribution in [2.75, 3.05) is 53.6 Å². The fourth-order valence-electron chi connectivity index (χ4n) is 1.78. The molecule has 0 amide bonds. The average molecular weight is 251 g/mol. The average Bonchev–Trinajstić information content (AvgIpc) is 2.25. The number of rotatable bonds is 7. The molecule has 1 heterocycles. The van der Waals surface area contributed by atoms with Gasteiger partial charge in [0.25, 0.3) is 0 Å². The molecule has 0 aromatic rings. The van der Waals surface area contributed by atoms with Crippen LogP contribution in [0.4, 0.5) is 0 Å². The van der Waals surface area contributed by atoms with E-state index >= 15 is 0 Å². The molecule has 2 unspecified atom stereocenters. The van der Waals surface area contributed by atoms with Crippen molar-refractivity contribution in [2.24, 2.45) is 0 Å². The number of hydrogen-bond donors (Lipinski definition) is 1. The molecule has 0 aromatic heterocycles. The van der Waals surface area contributed by atoms with Gasteiger partial charge in [0.05, 0.1) is 24.7 Å². The molecule has 5 heteroatoms. The van der Waals surface area contributed by atoms with Crippen molar-refractivity contribution in [3.05, 3.63) is 0 Å². The molecule has 1 aliphatic heterocycles. The van der Waals surface area contributed by atoms with Crippen LogP contribution in [0.2, 0.25) is 0 Å². The van der Waals surface area contributed by atoms with Crippen molar-refractivity contribution >= 4 is 11.6 Å². The number of likely N-dealkylation sites (N-methyl/N-ethyl adjacent to an activating group) is 1.